The Morgan fingerprint density at radius 1 is 0.938 bits per heavy atom. The molecule has 0 bridgehead atoms. The Morgan fingerprint density at radius 2 is 1.56 bits per heavy atom. The maximum Gasteiger partial charge on any atom is 0.247 e. The number of rotatable bonds is 9. The molecule has 1 N–H and O–H groups in total. The second-order valence-corrected chi connectivity index (χ2v) is 7.82. The van der Waals surface area contributed by atoms with Crippen LogP contribution in [0.2, 0.25) is 5.02 Å². The third kappa shape index (κ3) is 6.11. The van der Waals surface area contributed by atoms with Crippen molar-refractivity contribution in [2.45, 2.75) is 32.5 Å². The molecule has 0 saturated carbocycles. The quantitative estimate of drug-likeness (QED) is 0.490. The molecule has 6 heteroatoms. The molecule has 3 aromatic carbocycles. The molecule has 0 aliphatic carbocycles. The molecule has 166 valence electrons. The lowest BCUT2D eigenvalue weighted by atomic mass is 10.0. The Bertz CT molecular complexity index is 1020. The maximum absolute atomic E-state index is 13.4. The number of carbonyl (C=O) groups excluding carboxylic acids is 2. The van der Waals surface area contributed by atoms with E-state index in [0.717, 1.165) is 22.4 Å². The van der Waals surface area contributed by atoms with Gasteiger partial charge < -0.3 is 15.0 Å². The zero-order valence-electron chi connectivity index (χ0n) is 18.3. The molecule has 5 nitrogen and oxygen atoms in total. The summed E-state index contributed by atoms with van der Waals surface area (Å²) in [6.45, 7) is 2.46. The summed E-state index contributed by atoms with van der Waals surface area (Å²) in [5.41, 5.74) is 2.61. The van der Waals surface area contributed by atoms with Gasteiger partial charge in [-0.2, -0.15) is 0 Å². The summed E-state index contributed by atoms with van der Waals surface area (Å²) in [4.78, 5) is 28.0. The van der Waals surface area contributed by atoms with Crippen LogP contribution >= 0.6 is 11.6 Å². The zero-order chi connectivity index (χ0) is 22.9. The van der Waals surface area contributed by atoms with Gasteiger partial charge in [0.1, 0.15) is 11.8 Å². The number of nitrogens with one attached hydrogen (secondary N) is 1. The number of benzene rings is 3. The monoisotopic (exact) mass is 450 g/mol. The number of hydrogen-bond donors (Lipinski definition) is 1. The Labute approximate surface area is 194 Å². The highest BCUT2D eigenvalue weighted by Gasteiger charge is 2.30. The van der Waals surface area contributed by atoms with E-state index in [1.54, 1.807) is 31.1 Å². The summed E-state index contributed by atoms with van der Waals surface area (Å²) >= 11 is 5.95. The van der Waals surface area contributed by atoms with Crippen molar-refractivity contribution < 1.29 is 14.3 Å². The number of carbonyl (C=O) groups is 2. The highest BCUT2D eigenvalue weighted by atomic mass is 35.5. The van der Waals surface area contributed by atoms with Gasteiger partial charge in [-0.25, -0.2) is 0 Å². The minimum Gasteiger partial charge on any atom is -0.497 e. The smallest absolute Gasteiger partial charge is 0.247 e. The Morgan fingerprint density at radius 3 is 2.16 bits per heavy atom. The number of hydrogen-bond acceptors (Lipinski definition) is 3. The van der Waals surface area contributed by atoms with E-state index in [1.165, 1.54) is 0 Å². The van der Waals surface area contributed by atoms with Crippen LogP contribution in [0.15, 0.2) is 78.9 Å². The topological polar surface area (TPSA) is 58.6 Å². The number of halogens is 1. The number of nitrogens with zero attached hydrogens (tertiary/aromatic N) is 1. The average molecular weight is 451 g/mol. The van der Waals surface area contributed by atoms with Gasteiger partial charge in [0.2, 0.25) is 11.8 Å². The van der Waals surface area contributed by atoms with E-state index in [0.29, 0.717) is 24.5 Å². The Hall–Kier alpha value is -3.31. The van der Waals surface area contributed by atoms with E-state index >= 15 is 0 Å². The fourth-order valence-corrected chi connectivity index (χ4v) is 3.58. The van der Waals surface area contributed by atoms with Crippen molar-refractivity contribution in [1.82, 2.24) is 10.2 Å². The van der Waals surface area contributed by atoms with Crippen LogP contribution in [0.3, 0.4) is 0 Å². The van der Waals surface area contributed by atoms with Crippen LogP contribution in [0.1, 0.15) is 36.1 Å². The van der Waals surface area contributed by atoms with Crippen molar-refractivity contribution >= 4 is 23.4 Å². The van der Waals surface area contributed by atoms with Crippen LogP contribution in [0.25, 0.3) is 0 Å². The van der Waals surface area contributed by atoms with Gasteiger partial charge in [-0.3, -0.25) is 9.59 Å². The van der Waals surface area contributed by atoms with Gasteiger partial charge in [0.25, 0.3) is 0 Å². The molecular formula is C26H27ClN2O3. The Kier molecular flexibility index (Phi) is 8.28. The van der Waals surface area contributed by atoms with Crippen LogP contribution in [0.5, 0.6) is 5.75 Å². The molecule has 0 aromatic heterocycles. The molecule has 2 amide bonds. The third-order valence-electron chi connectivity index (χ3n) is 5.19. The molecule has 0 fully saturated rings. The van der Waals surface area contributed by atoms with Gasteiger partial charge in [-0.05, 0) is 41.0 Å². The molecule has 0 spiro atoms. The highest BCUT2D eigenvalue weighted by molar-refractivity contribution is 6.30. The van der Waals surface area contributed by atoms with Crippen molar-refractivity contribution in [3.63, 3.8) is 0 Å². The second-order valence-electron chi connectivity index (χ2n) is 7.38. The summed E-state index contributed by atoms with van der Waals surface area (Å²) in [6, 6.07) is 23.4. The molecule has 3 rings (SSSR count). The van der Waals surface area contributed by atoms with E-state index in [-0.39, 0.29) is 11.8 Å². The average Bonchev–Trinajstić information content (AvgIpc) is 2.84. The van der Waals surface area contributed by atoms with E-state index in [9.17, 15) is 9.59 Å². The van der Waals surface area contributed by atoms with Crippen molar-refractivity contribution in [1.29, 1.82) is 0 Å². The maximum atomic E-state index is 13.4. The first-order chi connectivity index (χ1) is 15.5. The minimum atomic E-state index is -0.752. The van der Waals surface area contributed by atoms with Gasteiger partial charge in [0.05, 0.1) is 7.11 Å². The van der Waals surface area contributed by atoms with Crippen molar-refractivity contribution in [3.8, 4) is 5.75 Å². The van der Waals surface area contributed by atoms with Crippen LogP contribution in [0, 0.1) is 0 Å². The first kappa shape index (κ1) is 23.4. The SMILES string of the molecule is CCC(=O)N(Cc1ccc(OC)cc1)C(C(=O)NCc1ccc(Cl)cc1)c1ccccc1. The van der Waals surface area contributed by atoms with Crippen molar-refractivity contribution in [2.24, 2.45) is 0 Å². The molecule has 3 aromatic rings. The number of methoxy groups -OCH3 is 1. The summed E-state index contributed by atoms with van der Waals surface area (Å²) in [5.74, 6) is 0.403. The Balaban J connectivity index is 1.88. The van der Waals surface area contributed by atoms with E-state index in [4.69, 9.17) is 16.3 Å². The van der Waals surface area contributed by atoms with Crippen LogP contribution in [0.4, 0.5) is 0 Å². The van der Waals surface area contributed by atoms with Gasteiger partial charge in [-0.1, -0.05) is 73.1 Å². The normalized spacial score (nSPS) is 11.5. The number of ether oxygens (including phenoxy) is 1. The van der Waals surface area contributed by atoms with Crippen molar-refractivity contribution in [2.75, 3.05) is 7.11 Å². The van der Waals surface area contributed by atoms with Crippen LogP contribution in [-0.4, -0.2) is 23.8 Å². The standard InChI is InChI=1S/C26H27ClN2O3/c1-3-24(30)29(18-20-11-15-23(32-2)16-12-20)25(21-7-5-4-6-8-21)26(31)28-17-19-9-13-22(27)14-10-19/h4-16,25H,3,17-18H2,1-2H3,(H,28,31). The molecule has 0 aliphatic rings. The minimum absolute atomic E-state index is 0.101. The van der Waals surface area contributed by atoms with Gasteiger partial charge in [-0.15, -0.1) is 0 Å². The first-order valence-corrected chi connectivity index (χ1v) is 10.9. The van der Waals surface area contributed by atoms with Crippen molar-refractivity contribution in [3.05, 3.63) is 101 Å². The van der Waals surface area contributed by atoms with E-state index < -0.39 is 6.04 Å². The predicted molar refractivity (Wildman–Crippen MR) is 126 cm³/mol. The lowest BCUT2D eigenvalue weighted by Crippen LogP contribution is -2.43. The second kappa shape index (κ2) is 11.3. The number of amides is 2. The summed E-state index contributed by atoms with van der Waals surface area (Å²) in [5, 5.41) is 3.62. The first-order valence-electron chi connectivity index (χ1n) is 10.5. The molecule has 0 radical (unpaired) electrons. The van der Waals surface area contributed by atoms with Gasteiger partial charge >= 0.3 is 0 Å². The van der Waals surface area contributed by atoms with Gasteiger partial charge in [0, 0.05) is 24.5 Å². The fraction of sp³-hybridized carbons (Fsp3) is 0.231. The summed E-state index contributed by atoms with van der Waals surface area (Å²) in [6.07, 6.45) is 0.296. The molecular weight excluding hydrogens is 424 g/mol. The van der Waals surface area contributed by atoms with E-state index in [1.807, 2.05) is 66.7 Å². The molecule has 0 aliphatic heterocycles. The molecule has 1 atom stereocenters. The largest absolute Gasteiger partial charge is 0.497 e. The third-order valence-corrected chi connectivity index (χ3v) is 5.44. The molecule has 1 unspecified atom stereocenters. The fourth-order valence-electron chi connectivity index (χ4n) is 3.45. The van der Waals surface area contributed by atoms with Gasteiger partial charge in [0.15, 0.2) is 0 Å². The summed E-state index contributed by atoms with van der Waals surface area (Å²) in [7, 11) is 1.61. The highest BCUT2D eigenvalue weighted by Crippen LogP contribution is 2.25. The zero-order valence-corrected chi connectivity index (χ0v) is 19.0. The van der Waals surface area contributed by atoms with Crippen LogP contribution < -0.4 is 10.1 Å². The summed E-state index contributed by atoms with van der Waals surface area (Å²) < 4.78 is 5.23. The molecule has 0 saturated heterocycles. The van der Waals surface area contributed by atoms with E-state index in [2.05, 4.69) is 5.32 Å². The molecule has 32 heavy (non-hydrogen) atoms. The lowest BCUT2D eigenvalue weighted by molar-refractivity contribution is -0.141. The van der Waals surface area contributed by atoms with Crippen LogP contribution in [-0.2, 0) is 22.7 Å². The lowest BCUT2D eigenvalue weighted by Gasteiger charge is -2.31. The molecule has 0 heterocycles. The predicted octanol–water partition coefficient (Wildman–Crippen LogP) is 5.14.